The standard InChI is InChI=1S/C19H31NO/c1-7-9-20-10-8-19(5,6)17-12-15(13(2)3)11-16(14(4)21)18(17)20/h11-14,21H,7-10H2,1-6H3. The summed E-state index contributed by atoms with van der Waals surface area (Å²) in [7, 11) is 0. The van der Waals surface area contributed by atoms with Gasteiger partial charge in [0.05, 0.1) is 6.10 Å². The third-order valence-corrected chi connectivity index (χ3v) is 4.82. The molecule has 0 radical (unpaired) electrons. The summed E-state index contributed by atoms with van der Waals surface area (Å²) in [6.07, 6.45) is 1.91. The molecule has 118 valence electrons. The first-order chi connectivity index (χ1) is 9.77. The van der Waals surface area contributed by atoms with Gasteiger partial charge >= 0.3 is 0 Å². The van der Waals surface area contributed by atoms with Crippen LogP contribution < -0.4 is 4.90 Å². The zero-order valence-electron chi connectivity index (χ0n) is 14.5. The zero-order valence-corrected chi connectivity index (χ0v) is 14.5. The molecule has 1 atom stereocenters. The summed E-state index contributed by atoms with van der Waals surface area (Å²) >= 11 is 0. The number of fused-ring (bicyclic) bond motifs is 1. The fourth-order valence-electron chi connectivity index (χ4n) is 3.36. The topological polar surface area (TPSA) is 23.5 Å². The van der Waals surface area contributed by atoms with Gasteiger partial charge in [-0.2, -0.15) is 0 Å². The van der Waals surface area contributed by atoms with E-state index in [1.807, 2.05) is 6.92 Å². The third kappa shape index (κ3) is 3.11. The van der Waals surface area contributed by atoms with Crippen LogP contribution >= 0.6 is 0 Å². The molecule has 2 nitrogen and oxygen atoms in total. The highest BCUT2D eigenvalue weighted by Gasteiger charge is 2.34. The van der Waals surface area contributed by atoms with Gasteiger partial charge in [0, 0.05) is 24.3 Å². The molecular formula is C19H31NO. The maximum Gasteiger partial charge on any atom is 0.0782 e. The number of anilines is 1. The molecular weight excluding hydrogens is 258 g/mol. The minimum absolute atomic E-state index is 0.189. The Balaban J connectivity index is 2.67. The fraction of sp³-hybridized carbons (Fsp3) is 0.684. The molecule has 0 saturated carbocycles. The van der Waals surface area contributed by atoms with E-state index in [4.69, 9.17) is 0 Å². The lowest BCUT2D eigenvalue weighted by Gasteiger charge is -2.42. The summed E-state index contributed by atoms with van der Waals surface area (Å²) in [4.78, 5) is 2.48. The van der Waals surface area contributed by atoms with E-state index in [0.29, 0.717) is 5.92 Å². The van der Waals surface area contributed by atoms with Crippen molar-refractivity contribution < 1.29 is 5.11 Å². The smallest absolute Gasteiger partial charge is 0.0782 e. The van der Waals surface area contributed by atoms with Gasteiger partial charge in [0.25, 0.3) is 0 Å². The number of hydrogen-bond acceptors (Lipinski definition) is 2. The lowest BCUT2D eigenvalue weighted by molar-refractivity contribution is 0.199. The van der Waals surface area contributed by atoms with Gasteiger partial charge in [0.2, 0.25) is 0 Å². The molecule has 1 unspecified atom stereocenters. The van der Waals surface area contributed by atoms with Crippen LogP contribution in [-0.2, 0) is 5.41 Å². The predicted molar refractivity (Wildman–Crippen MR) is 91.3 cm³/mol. The second-order valence-corrected chi connectivity index (χ2v) is 7.46. The van der Waals surface area contributed by atoms with Crippen molar-refractivity contribution in [1.82, 2.24) is 0 Å². The molecule has 21 heavy (non-hydrogen) atoms. The molecule has 0 amide bonds. The lowest BCUT2D eigenvalue weighted by Crippen LogP contribution is -2.39. The number of benzene rings is 1. The zero-order chi connectivity index (χ0) is 15.8. The van der Waals surface area contributed by atoms with E-state index in [1.165, 1.54) is 23.2 Å². The van der Waals surface area contributed by atoms with Crippen LogP contribution in [0.3, 0.4) is 0 Å². The first-order valence-electron chi connectivity index (χ1n) is 8.39. The molecule has 0 fully saturated rings. The van der Waals surface area contributed by atoms with Crippen LogP contribution in [0.2, 0.25) is 0 Å². The third-order valence-electron chi connectivity index (χ3n) is 4.82. The molecule has 1 aromatic rings. The van der Waals surface area contributed by atoms with E-state index >= 15 is 0 Å². The van der Waals surface area contributed by atoms with E-state index in [1.54, 1.807) is 0 Å². The average molecular weight is 289 g/mol. The Morgan fingerprint density at radius 1 is 1.24 bits per heavy atom. The Labute approximate surface area is 130 Å². The highest BCUT2D eigenvalue weighted by Crippen LogP contribution is 2.44. The van der Waals surface area contributed by atoms with Crippen molar-refractivity contribution in [2.75, 3.05) is 18.0 Å². The molecule has 2 rings (SSSR count). The fourth-order valence-corrected chi connectivity index (χ4v) is 3.36. The Morgan fingerprint density at radius 3 is 2.43 bits per heavy atom. The summed E-state index contributed by atoms with van der Waals surface area (Å²) in [5.74, 6) is 0.491. The van der Waals surface area contributed by atoms with Gasteiger partial charge in [0.1, 0.15) is 0 Å². The van der Waals surface area contributed by atoms with Gasteiger partial charge in [-0.05, 0) is 42.2 Å². The summed E-state index contributed by atoms with van der Waals surface area (Å²) in [5, 5.41) is 10.3. The van der Waals surface area contributed by atoms with Crippen molar-refractivity contribution in [1.29, 1.82) is 0 Å². The Hall–Kier alpha value is -1.02. The van der Waals surface area contributed by atoms with Gasteiger partial charge in [-0.15, -0.1) is 0 Å². The molecule has 0 aliphatic carbocycles. The number of rotatable bonds is 4. The molecule has 0 aromatic heterocycles. The van der Waals surface area contributed by atoms with Gasteiger partial charge in [-0.25, -0.2) is 0 Å². The SMILES string of the molecule is CCCN1CCC(C)(C)c2cc(C(C)C)cc(C(C)O)c21. The molecule has 0 saturated heterocycles. The Bertz CT molecular complexity index is 503. The summed E-state index contributed by atoms with van der Waals surface area (Å²) in [6, 6.07) is 4.60. The van der Waals surface area contributed by atoms with Crippen LogP contribution in [0.25, 0.3) is 0 Å². The van der Waals surface area contributed by atoms with Crippen molar-refractivity contribution >= 4 is 5.69 Å². The van der Waals surface area contributed by atoms with Crippen molar-refractivity contribution in [3.63, 3.8) is 0 Å². The van der Waals surface area contributed by atoms with Crippen LogP contribution in [0.15, 0.2) is 12.1 Å². The van der Waals surface area contributed by atoms with Gasteiger partial charge in [-0.1, -0.05) is 46.8 Å². The highest BCUT2D eigenvalue weighted by atomic mass is 16.3. The van der Waals surface area contributed by atoms with Crippen LogP contribution in [-0.4, -0.2) is 18.2 Å². The molecule has 1 aliphatic heterocycles. The van der Waals surface area contributed by atoms with Crippen molar-refractivity contribution in [2.24, 2.45) is 0 Å². The monoisotopic (exact) mass is 289 g/mol. The number of hydrogen-bond donors (Lipinski definition) is 1. The van der Waals surface area contributed by atoms with Crippen LogP contribution in [0.5, 0.6) is 0 Å². The maximum atomic E-state index is 10.3. The quantitative estimate of drug-likeness (QED) is 0.863. The van der Waals surface area contributed by atoms with E-state index in [-0.39, 0.29) is 5.41 Å². The minimum Gasteiger partial charge on any atom is -0.389 e. The van der Waals surface area contributed by atoms with Crippen molar-refractivity contribution in [2.45, 2.75) is 71.8 Å². The molecule has 2 heteroatoms. The van der Waals surface area contributed by atoms with E-state index in [2.05, 4.69) is 51.7 Å². The second-order valence-electron chi connectivity index (χ2n) is 7.46. The number of aliphatic hydroxyl groups is 1. The maximum absolute atomic E-state index is 10.3. The van der Waals surface area contributed by atoms with Crippen molar-refractivity contribution in [3.05, 3.63) is 28.8 Å². The van der Waals surface area contributed by atoms with Gasteiger partial charge < -0.3 is 10.0 Å². The normalized spacial score (nSPS) is 18.8. The predicted octanol–water partition coefficient (Wildman–Crippen LogP) is 4.76. The molecule has 1 aromatic carbocycles. The molecule has 1 heterocycles. The number of nitrogens with zero attached hydrogens (tertiary/aromatic N) is 1. The first kappa shape index (κ1) is 16.4. The van der Waals surface area contributed by atoms with E-state index < -0.39 is 6.10 Å². The van der Waals surface area contributed by atoms with Crippen LogP contribution in [0.1, 0.15) is 83.1 Å². The molecule has 1 N–H and O–H groups in total. The second kappa shape index (κ2) is 6.00. The van der Waals surface area contributed by atoms with Gasteiger partial charge in [-0.3, -0.25) is 0 Å². The van der Waals surface area contributed by atoms with Gasteiger partial charge in [0.15, 0.2) is 0 Å². The Morgan fingerprint density at radius 2 is 1.90 bits per heavy atom. The summed E-state index contributed by atoms with van der Waals surface area (Å²) in [5.41, 5.74) is 5.36. The molecule has 0 spiro atoms. The number of aliphatic hydroxyl groups excluding tert-OH is 1. The first-order valence-corrected chi connectivity index (χ1v) is 8.39. The van der Waals surface area contributed by atoms with E-state index in [0.717, 1.165) is 25.1 Å². The highest BCUT2D eigenvalue weighted by molar-refractivity contribution is 5.66. The molecule has 0 bridgehead atoms. The van der Waals surface area contributed by atoms with E-state index in [9.17, 15) is 5.11 Å². The summed E-state index contributed by atoms with van der Waals surface area (Å²) < 4.78 is 0. The van der Waals surface area contributed by atoms with Crippen LogP contribution in [0, 0.1) is 0 Å². The largest absolute Gasteiger partial charge is 0.389 e. The molecule has 1 aliphatic rings. The lowest BCUT2D eigenvalue weighted by atomic mass is 9.74. The average Bonchev–Trinajstić information content (AvgIpc) is 2.41. The Kier molecular flexibility index (Phi) is 4.67. The minimum atomic E-state index is -0.411. The summed E-state index contributed by atoms with van der Waals surface area (Å²) in [6.45, 7) is 15.4. The van der Waals surface area contributed by atoms with Crippen molar-refractivity contribution in [3.8, 4) is 0 Å². The van der Waals surface area contributed by atoms with Crippen LogP contribution in [0.4, 0.5) is 5.69 Å².